The Balaban J connectivity index is 2.46. The Morgan fingerprint density at radius 3 is 2.55 bits per heavy atom. The molecular formula is C9H7BO. The van der Waals surface area contributed by atoms with Crippen molar-refractivity contribution in [1.82, 2.24) is 0 Å². The van der Waals surface area contributed by atoms with Gasteiger partial charge in [0.25, 0.3) is 0 Å². The van der Waals surface area contributed by atoms with Gasteiger partial charge in [-0.2, -0.15) is 0 Å². The first kappa shape index (κ1) is 6.41. The first-order chi connectivity index (χ1) is 5.47. The molecule has 0 bridgehead atoms. The van der Waals surface area contributed by atoms with Crippen LogP contribution in [0.25, 0.3) is 11.2 Å². The van der Waals surface area contributed by atoms with Gasteiger partial charge in [-0.05, 0) is 0 Å². The van der Waals surface area contributed by atoms with Crippen LogP contribution < -0.4 is 0 Å². The van der Waals surface area contributed by atoms with E-state index >= 15 is 0 Å². The molecule has 1 aromatic heterocycles. The molecule has 0 N–H and O–H groups in total. The molecule has 0 aliphatic rings. The van der Waals surface area contributed by atoms with E-state index in [4.69, 9.17) is 4.42 Å². The Morgan fingerprint density at radius 2 is 1.91 bits per heavy atom. The molecule has 11 heavy (non-hydrogen) atoms. The fourth-order valence-corrected chi connectivity index (χ4v) is 1.05. The second kappa shape index (κ2) is 2.75. The number of benzene rings is 1. The second-order valence-corrected chi connectivity index (χ2v) is 2.34. The summed E-state index contributed by atoms with van der Waals surface area (Å²) in [6.07, 6.45) is 1.68. The van der Waals surface area contributed by atoms with Gasteiger partial charge in [-0.25, -0.2) is 0 Å². The molecule has 0 saturated carbocycles. The first-order valence-electron chi connectivity index (χ1n) is 3.56. The summed E-state index contributed by atoms with van der Waals surface area (Å²) in [5.74, 6) is 1.89. The molecule has 1 aromatic carbocycles. The molecule has 0 spiro atoms. The number of hydrogen-bond acceptors (Lipinski definition) is 1. The van der Waals surface area contributed by atoms with Crippen molar-refractivity contribution < 1.29 is 4.42 Å². The van der Waals surface area contributed by atoms with Crippen molar-refractivity contribution in [2.24, 2.45) is 0 Å². The van der Waals surface area contributed by atoms with E-state index in [2.05, 4.69) is 0 Å². The van der Waals surface area contributed by atoms with E-state index in [0.29, 0.717) is 0 Å². The maximum atomic E-state index is 5.22. The molecule has 0 fully saturated rings. The van der Waals surface area contributed by atoms with Gasteiger partial charge in [0.15, 0.2) is 0 Å². The standard InChI is InChI=1S/C9H7BO/c1-2-4-8(5-3-1)9-10-6-7-11-9/h1-7H. The molecule has 52 valence electrons. The summed E-state index contributed by atoms with van der Waals surface area (Å²) in [5, 5.41) is 0. The fourth-order valence-electron chi connectivity index (χ4n) is 1.05. The summed E-state index contributed by atoms with van der Waals surface area (Å²) in [4.78, 5) is 0. The fraction of sp³-hybridized carbons (Fsp3) is 0. The van der Waals surface area contributed by atoms with Gasteiger partial charge in [0.05, 0.1) is 0 Å². The molecule has 0 saturated heterocycles. The van der Waals surface area contributed by atoms with Gasteiger partial charge in [0, 0.05) is 0 Å². The van der Waals surface area contributed by atoms with E-state index < -0.39 is 0 Å². The first-order valence-corrected chi connectivity index (χ1v) is 3.56. The van der Waals surface area contributed by atoms with Crippen molar-refractivity contribution in [2.75, 3.05) is 0 Å². The normalized spacial score (nSPS) is 9.45. The molecular weight excluding hydrogens is 135 g/mol. The van der Waals surface area contributed by atoms with Gasteiger partial charge in [0.2, 0.25) is 0 Å². The summed E-state index contributed by atoms with van der Waals surface area (Å²) >= 11 is 0. The zero-order chi connectivity index (χ0) is 7.52. The minimum atomic E-state index is 0.922. The van der Waals surface area contributed by atoms with Gasteiger partial charge in [-0.3, -0.25) is 0 Å². The third kappa shape index (κ3) is 1.24. The monoisotopic (exact) mass is 142 g/mol. The maximum absolute atomic E-state index is 5.22. The van der Waals surface area contributed by atoms with Gasteiger partial charge >= 0.3 is 65.1 Å². The summed E-state index contributed by atoms with van der Waals surface area (Å²) < 4.78 is 5.22. The van der Waals surface area contributed by atoms with Gasteiger partial charge in [-0.1, -0.05) is 0 Å². The Kier molecular flexibility index (Phi) is 1.60. The third-order valence-electron chi connectivity index (χ3n) is 1.58. The molecule has 2 rings (SSSR count). The number of hydrogen-bond donors (Lipinski definition) is 0. The Bertz CT molecular complexity index is 313. The molecule has 0 aliphatic heterocycles. The van der Waals surface area contributed by atoms with Crippen LogP contribution >= 0.6 is 0 Å². The molecule has 0 radical (unpaired) electrons. The van der Waals surface area contributed by atoms with Gasteiger partial charge in [0.1, 0.15) is 0 Å². The molecule has 2 aromatic rings. The number of rotatable bonds is 1. The molecule has 0 amide bonds. The van der Waals surface area contributed by atoms with Crippen LogP contribution in [-0.4, -0.2) is 6.91 Å². The van der Waals surface area contributed by atoms with Crippen LogP contribution in [0.4, 0.5) is 0 Å². The predicted molar refractivity (Wildman–Crippen MR) is 45.5 cm³/mol. The van der Waals surface area contributed by atoms with E-state index in [9.17, 15) is 0 Å². The van der Waals surface area contributed by atoms with E-state index in [1.807, 2.05) is 43.2 Å². The van der Waals surface area contributed by atoms with Crippen molar-refractivity contribution in [1.29, 1.82) is 0 Å². The third-order valence-corrected chi connectivity index (χ3v) is 1.58. The SMILES string of the molecule is b1ccoc1-c1ccccc1. The Labute approximate surface area is 65.9 Å². The molecule has 0 aliphatic carbocycles. The Hall–Kier alpha value is -1.31. The van der Waals surface area contributed by atoms with Gasteiger partial charge in [-0.15, -0.1) is 0 Å². The summed E-state index contributed by atoms with van der Waals surface area (Å²) in [6, 6.07) is 10.0. The second-order valence-electron chi connectivity index (χ2n) is 2.34. The van der Waals surface area contributed by atoms with Crippen LogP contribution in [0.1, 0.15) is 0 Å². The van der Waals surface area contributed by atoms with Crippen molar-refractivity contribution in [2.45, 2.75) is 0 Å². The van der Waals surface area contributed by atoms with Crippen molar-refractivity contribution in [3.63, 3.8) is 0 Å². The molecule has 2 heteroatoms. The zero-order valence-electron chi connectivity index (χ0n) is 6.03. The van der Waals surface area contributed by atoms with Crippen LogP contribution in [0.5, 0.6) is 0 Å². The van der Waals surface area contributed by atoms with Crippen molar-refractivity contribution >= 4 is 6.91 Å². The molecule has 0 unspecified atom stereocenters. The minimum absolute atomic E-state index is 0.922. The zero-order valence-corrected chi connectivity index (χ0v) is 6.03. The molecule has 1 nitrogen and oxygen atoms in total. The molecule has 1 heterocycles. The summed E-state index contributed by atoms with van der Waals surface area (Å²) in [5.41, 5.74) is 2.04. The average Bonchev–Trinajstić information content (AvgIpc) is 2.58. The van der Waals surface area contributed by atoms with Crippen molar-refractivity contribution in [3.05, 3.63) is 42.6 Å². The van der Waals surface area contributed by atoms with Crippen LogP contribution in [0, 0.1) is 0 Å². The van der Waals surface area contributed by atoms with Gasteiger partial charge < -0.3 is 0 Å². The van der Waals surface area contributed by atoms with Crippen LogP contribution in [0.3, 0.4) is 0 Å². The van der Waals surface area contributed by atoms with E-state index in [-0.39, 0.29) is 0 Å². The van der Waals surface area contributed by atoms with E-state index in [0.717, 1.165) is 11.2 Å². The molecule has 0 atom stereocenters. The summed E-state index contributed by atoms with van der Waals surface area (Å²) in [7, 11) is 0. The van der Waals surface area contributed by atoms with Crippen LogP contribution in [0.2, 0.25) is 0 Å². The van der Waals surface area contributed by atoms with E-state index in [1.165, 1.54) is 0 Å². The predicted octanol–water partition coefficient (Wildman–Crippen LogP) is 2.28. The topological polar surface area (TPSA) is 13.1 Å². The van der Waals surface area contributed by atoms with Crippen LogP contribution in [0.15, 0.2) is 47.0 Å². The van der Waals surface area contributed by atoms with Crippen molar-refractivity contribution in [3.8, 4) is 11.2 Å². The van der Waals surface area contributed by atoms with E-state index in [1.54, 1.807) is 6.26 Å². The Morgan fingerprint density at radius 1 is 1.09 bits per heavy atom. The van der Waals surface area contributed by atoms with Crippen LogP contribution in [-0.2, 0) is 0 Å². The average molecular weight is 142 g/mol. The quantitative estimate of drug-likeness (QED) is 0.595. The summed E-state index contributed by atoms with van der Waals surface area (Å²) in [6.45, 7) is 1.95.